The third-order valence-corrected chi connectivity index (χ3v) is 2.85. The fourth-order valence-corrected chi connectivity index (χ4v) is 1.86. The normalized spacial score (nSPS) is 21.4. The SMILES string of the molecule is COC(=O)C1CN(CCn2ccnc2)CCO1. The Bertz CT molecular complexity index is 353. The summed E-state index contributed by atoms with van der Waals surface area (Å²) in [6.45, 7) is 3.77. The molecule has 1 aromatic heterocycles. The van der Waals surface area contributed by atoms with Crippen molar-refractivity contribution in [1.82, 2.24) is 14.5 Å². The number of carbonyl (C=O) groups excluding carboxylic acids is 1. The molecule has 1 fully saturated rings. The van der Waals surface area contributed by atoms with Gasteiger partial charge in [0, 0.05) is 38.6 Å². The molecule has 17 heavy (non-hydrogen) atoms. The summed E-state index contributed by atoms with van der Waals surface area (Å²) in [6.07, 6.45) is 5.03. The van der Waals surface area contributed by atoms with Gasteiger partial charge in [-0.05, 0) is 0 Å². The zero-order valence-corrected chi connectivity index (χ0v) is 9.91. The fourth-order valence-electron chi connectivity index (χ4n) is 1.86. The van der Waals surface area contributed by atoms with Crippen molar-refractivity contribution in [2.24, 2.45) is 0 Å². The summed E-state index contributed by atoms with van der Waals surface area (Å²) in [5.41, 5.74) is 0. The van der Waals surface area contributed by atoms with Crippen LogP contribution in [0.25, 0.3) is 0 Å². The Kier molecular flexibility index (Phi) is 4.11. The summed E-state index contributed by atoms with van der Waals surface area (Å²) in [7, 11) is 1.39. The summed E-state index contributed by atoms with van der Waals surface area (Å²) >= 11 is 0. The molecule has 0 N–H and O–H groups in total. The van der Waals surface area contributed by atoms with Crippen LogP contribution in [0, 0.1) is 0 Å². The highest BCUT2D eigenvalue weighted by Crippen LogP contribution is 2.06. The van der Waals surface area contributed by atoms with E-state index in [0.717, 1.165) is 19.6 Å². The molecule has 0 saturated carbocycles. The number of imidazole rings is 1. The Balaban J connectivity index is 1.79. The zero-order valence-electron chi connectivity index (χ0n) is 9.91. The summed E-state index contributed by atoms with van der Waals surface area (Å²) in [6, 6.07) is 0. The lowest BCUT2D eigenvalue weighted by molar-refractivity contribution is -0.159. The van der Waals surface area contributed by atoms with Crippen LogP contribution in [-0.4, -0.2) is 59.9 Å². The molecule has 2 heterocycles. The average molecular weight is 239 g/mol. The van der Waals surface area contributed by atoms with Crippen LogP contribution in [0.2, 0.25) is 0 Å². The summed E-state index contributed by atoms with van der Waals surface area (Å²) < 4.78 is 12.1. The van der Waals surface area contributed by atoms with Crippen molar-refractivity contribution in [1.29, 1.82) is 0 Å². The van der Waals surface area contributed by atoms with Gasteiger partial charge >= 0.3 is 5.97 Å². The molecule has 0 radical (unpaired) electrons. The van der Waals surface area contributed by atoms with Gasteiger partial charge in [0.25, 0.3) is 0 Å². The minimum Gasteiger partial charge on any atom is -0.467 e. The van der Waals surface area contributed by atoms with Gasteiger partial charge in [-0.25, -0.2) is 9.78 Å². The van der Waals surface area contributed by atoms with Crippen LogP contribution in [0.15, 0.2) is 18.7 Å². The van der Waals surface area contributed by atoms with Gasteiger partial charge in [0.2, 0.25) is 0 Å². The van der Waals surface area contributed by atoms with E-state index in [1.165, 1.54) is 7.11 Å². The number of methoxy groups -OCH3 is 1. The predicted octanol–water partition coefficient (Wildman–Crippen LogP) is -0.243. The van der Waals surface area contributed by atoms with Gasteiger partial charge in [-0.2, -0.15) is 0 Å². The molecule has 6 nitrogen and oxygen atoms in total. The van der Waals surface area contributed by atoms with Crippen LogP contribution < -0.4 is 0 Å². The molecule has 1 atom stereocenters. The minimum absolute atomic E-state index is 0.294. The smallest absolute Gasteiger partial charge is 0.336 e. The average Bonchev–Trinajstić information content (AvgIpc) is 2.89. The second-order valence-corrected chi connectivity index (χ2v) is 3.98. The molecule has 1 aliphatic heterocycles. The van der Waals surface area contributed by atoms with Crippen molar-refractivity contribution in [3.63, 3.8) is 0 Å². The molecular formula is C11H17N3O3. The molecule has 0 aliphatic carbocycles. The second kappa shape index (κ2) is 5.79. The lowest BCUT2D eigenvalue weighted by Gasteiger charge is -2.31. The molecular weight excluding hydrogens is 222 g/mol. The van der Waals surface area contributed by atoms with Crippen LogP contribution in [0.1, 0.15) is 0 Å². The molecule has 1 aliphatic rings. The van der Waals surface area contributed by atoms with Gasteiger partial charge in [0.05, 0.1) is 20.0 Å². The molecule has 94 valence electrons. The molecule has 0 spiro atoms. The maximum Gasteiger partial charge on any atom is 0.336 e. The number of nitrogens with zero attached hydrogens (tertiary/aromatic N) is 3. The number of hydrogen-bond donors (Lipinski definition) is 0. The summed E-state index contributed by atoms with van der Waals surface area (Å²) in [5.74, 6) is -0.294. The van der Waals surface area contributed by atoms with E-state index in [9.17, 15) is 4.79 Å². The quantitative estimate of drug-likeness (QED) is 0.679. The molecule has 6 heteroatoms. The molecule has 1 saturated heterocycles. The first-order valence-electron chi connectivity index (χ1n) is 5.67. The monoisotopic (exact) mass is 239 g/mol. The Morgan fingerprint density at radius 1 is 1.59 bits per heavy atom. The lowest BCUT2D eigenvalue weighted by atomic mass is 10.2. The van der Waals surface area contributed by atoms with Crippen LogP contribution >= 0.6 is 0 Å². The highest BCUT2D eigenvalue weighted by molar-refractivity contribution is 5.74. The van der Waals surface area contributed by atoms with Gasteiger partial charge in [0.15, 0.2) is 6.10 Å². The number of esters is 1. The van der Waals surface area contributed by atoms with E-state index in [2.05, 4.69) is 14.6 Å². The Hall–Kier alpha value is -1.40. The highest BCUT2D eigenvalue weighted by Gasteiger charge is 2.26. The van der Waals surface area contributed by atoms with Crippen LogP contribution in [0.5, 0.6) is 0 Å². The number of carbonyl (C=O) groups is 1. The summed E-state index contributed by atoms with van der Waals surface area (Å²) in [5, 5.41) is 0. The van der Waals surface area contributed by atoms with E-state index < -0.39 is 6.10 Å². The van der Waals surface area contributed by atoms with E-state index in [0.29, 0.717) is 13.2 Å². The minimum atomic E-state index is -0.448. The molecule has 0 aromatic carbocycles. The van der Waals surface area contributed by atoms with E-state index in [4.69, 9.17) is 4.74 Å². The number of ether oxygens (including phenoxy) is 2. The van der Waals surface area contributed by atoms with E-state index >= 15 is 0 Å². The fraction of sp³-hybridized carbons (Fsp3) is 0.636. The zero-order chi connectivity index (χ0) is 12.1. The van der Waals surface area contributed by atoms with Crippen molar-refractivity contribution in [3.8, 4) is 0 Å². The van der Waals surface area contributed by atoms with E-state index in [1.54, 1.807) is 12.5 Å². The van der Waals surface area contributed by atoms with Crippen molar-refractivity contribution in [3.05, 3.63) is 18.7 Å². The topological polar surface area (TPSA) is 56.6 Å². The van der Waals surface area contributed by atoms with Crippen molar-refractivity contribution in [2.75, 3.05) is 33.4 Å². The maximum absolute atomic E-state index is 11.4. The van der Waals surface area contributed by atoms with Crippen molar-refractivity contribution >= 4 is 5.97 Å². The first kappa shape index (κ1) is 12.1. The Morgan fingerprint density at radius 2 is 2.47 bits per heavy atom. The third kappa shape index (κ3) is 3.28. The molecule has 2 rings (SSSR count). The van der Waals surface area contributed by atoms with Crippen molar-refractivity contribution in [2.45, 2.75) is 12.6 Å². The molecule has 1 aromatic rings. The summed E-state index contributed by atoms with van der Waals surface area (Å²) in [4.78, 5) is 17.5. The number of rotatable bonds is 4. The van der Waals surface area contributed by atoms with Gasteiger partial charge in [-0.15, -0.1) is 0 Å². The third-order valence-electron chi connectivity index (χ3n) is 2.85. The van der Waals surface area contributed by atoms with Crippen LogP contribution in [0.3, 0.4) is 0 Å². The first-order valence-corrected chi connectivity index (χ1v) is 5.67. The number of aromatic nitrogens is 2. The van der Waals surface area contributed by atoms with Crippen LogP contribution in [-0.2, 0) is 20.8 Å². The molecule has 1 unspecified atom stereocenters. The maximum atomic E-state index is 11.4. The second-order valence-electron chi connectivity index (χ2n) is 3.98. The highest BCUT2D eigenvalue weighted by atomic mass is 16.6. The lowest BCUT2D eigenvalue weighted by Crippen LogP contribution is -2.47. The van der Waals surface area contributed by atoms with Gasteiger partial charge in [-0.1, -0.05) is 0 Å². The van der Waals surface area contributed by atoms with Crippen molar-refractivity contribution < 1.29 is 14.3 Å². The molecule has 0 amide bonds. The Labute approximate surface area is 100 Å². The van der Waals surface area contributed by atoms with Gasteiger partial charge in [0.1, 0.15) is 0 Å². The molecule has 0 bridgehead atoms. The number of morpholine rings is 1. The standard InChI is InChI=1S/C11H17N3O3/c1-16-11(15)10-8-13(6-7-17-10)4-5-14-3-2-12-9-14/h2-3,9-10H,4-8H2,1H3. The number of hydrogen-bond acceptors (Lipinski definition) is 5. The van der Waals surface area contributed by atoms with E-state index in [1.807, 2.05) is 10.8 Å². The van der Waals surface area contributed by atoms with Crippen LogP contribution in [0.4, 0.5) is 0 Å². The predicted molar refractivity (Wildman–Crippen MR) is 60.4 cm³/mol. The first-order chi connectivity index (χ1) is 8.29. The Morgan fingerprint density at radius 3 is 3.18 bits per heavy atom. The largest absolute Gasteiger partial charge is 0.467 e. The van der Waals surface area contributed by atoms with Gasteiger partial charge < -0.3 is 14.0 Å². The van der Waals surface area contributed by atoms with Gasteiger partial charge in [-0.3, -0.25) is 4.90 Å². The van der Waals surface area contributed by atoms with E-state index in [-0.39, 0.29) is 5.97 Å².